The Morgan fingerprint density at radius 2 is 2.00 bits per heavy atom. The molecule has 7 heteroatoms. The van der Waals surface area contributed by atoms with E-state index in [-0.39, 0.29) is 11.9 Å². The second-order valence-corrected chi connectivity index (χ2v) is 14.2. The molecule has 0 radical (unpaired) electrons. The fraction of sp³-hybridized carbons (Fsp3) is 0.484. The molecule has 6 rings (SSSR count). The van der Waals surface area contributed by atoms with Gasteiger partial charge in [0.1, 0.15) is 4.32 Å². The van der Waals surface area contributed by atoms with E-state index < -0.39 is 0 Å². The van der Waals surface area contributed by atoms with Crippen molar-refractivity contribution in [3.05, 3.63) is 50.7 Å². The predicted molar refractivity (Wildman–Crippen MR) is 165 cm³/mol. The Morgan fingerprint density at radius 1 is 1.13 bits per heavy atom. The lowest BCUT2D eigenvalue weighted by molar-refractivity contribution is -0.124. The Bertz CT molecular complexity index is 1320. The van der Waals surface area contributed by atoms with Crippen LogP contribution < -0.4 is 0 Å². The fourth-order valence-electron chi connectivity index (χ4n) is 6.54. The number of likely N-dealkylation sites (tertiary alicyclic amines) is 1. The van der Waals surface area contributed by atoms with Gasteiger partial charge in [0.2, 0.25) is 0 Å². The molecule has 3 unspecified atom stereocenters. The van der Waals surface area contributed by atoms with Gasteiger partial charge in [0.25, 0.3) is 5.91 Å². The first-order chi connectivity index (χ1) is 18.5. The monoisotopic (exact) mass is 580 g/mol. The summed E-state index contributed by atoms with van der Waals surface area (Å²) in [5.41, 5.74) is 2.05. The second kappa shape index (κ2) is 11.9. The molecule has 2 aliphatic heterocycles. The summed E-state index contributed by atoms with van der Waals surface area (Å²) in [7, 11) is 0. The number of fused-ring (bicyclic) bond motifs is 2. The highest BCUT2D eigenvalue weighted by molar-refractivity contribution is 8.26. The minimum absolute atomic E-state index is 0.0793. The number of halogens is 1. The van der Waals surface area contributed by atoms with Crippen LogP contribution in [0.2, 0.25) is 5.02 Å². The number of nitrogens with zero attached hydrogens (tertiary/aromatic N) is 2. The zero-order valence-corrected chi connectivity index (χ0v) is 24.8. The summed E-state index contributed by atoms with van der Waals surface area (Å²) in [6, 6.07) is 10.4. The number of hydrogen-bond donors (Lipinski definition) is 0. The summed E-state index contributed by atoms with van der Waals surface area (Å²) >= 11 is 15.1. The Labute approximate surface area is 245 Å². The summed E-state index contributed by atoms with van der Waals surface area (Å²) in [5.74, 6) is 8.33. The average molecular weight is 581 g/mol. The first-order valence-electron chi connectivity index (χ1n) is 13.9. The SMILES string of the molecule is O=C1/C(=C/c2sc(-c3cccc(Cl)c3)cc2C#CCCCN2CCCCC2)SC(=S)N1C1CC2CCC1C2. The van der Waals surface area contributed by atoms with E-state index in [2.05, 4.69) is 28.9 Å². The third-order valence-corrected chi connectivity index (χ3v) is 11.1. The molecular weight excluding hydrogens is 548 g/mol. The summed E-state index contributed by atoms with van der Waals surface area (Å²) in [4.78, 5) is 20.9. The Morgan fingerprint density at radius 3 is 2.76 bits per heavy atom. The van der Waals surface area contributed by atoms with Crippen LogP contribution in [-0.2, 0) is 4.79 Å². The number of rotatable bonds is 6. The van der Waals surface area contributed by atoms with E-state index in [1.165, 1.54) is 63.4 Å². The molecule has 2 saturated heterocycles. The van der Waals surface area contributed by atoms with Gasteiger partial charge in [0.15, 0.2) is 0 Å². The van der Waals surface area contributed by atoms with Gasteiger partial charge in [-0.2, -0.15) is 0 Å². The first-order valence-corrected chi connectivity index (χ1v) is 16.3. The topological polar surface area (TPSA) is 23.6 Å². The molecule has 0 N–H and O–H groups in total. The maximum Gasteiger partial charge on any atom is 0.266 e. The number of unbranched alkanes of at least 4 members (excludes halogenated alkanes) is 1. The smallest absolute Gasteiger partial charge is 0.266 e. The zero-order chi connectivity index (χ0) is 26.1. The van der Waals surface area contributed by atoms with Crippen molar-refractivity contribution in [3.63, 3.8) is 0 Å². The number of amides is 1. The lowest BCUT2D eigenvalue weighted by Gasteiger charge is -2.30. The highest BCUT2D eigenvalue weighted by Gasteiger charge is 2.48. The molecule has 3 heterocycles. The highest BCUT2D eigenvalue weighted by atomic mass is 35.5. The molecule has 38 heavy (non-hydrogen) atoms. The Kier molecular flexibility index (Phi) is 8.30. The van der Waals surface area contributed by atoms with E-state index in [1.54, 1.807) is 11.3 Å². The minimum Gasteiger partial charge on any atom is -0.303 e. The standard InChI is InChI=1S/C31H33ClN2OS3/c32-25-10-7-9-23(18-25)27-19-24(8-3-1-4-13-33-14-5-2-6-15-33)28(37-27)20-29-30(35)34(31(36)38-29)26-17-21-11-12-22(26)16-21/h7,9-10,18-22,26H,1-2,4-6,11-17H2/b29-20-. The number of carbonyl (C=O) groups excluding carboxylic acids is 1. The van der Waals surface area contributed by atoms with E-state index in [1.807, 2.05) is 29.2 Å². The average Bonchev–Trinajstić information content (AvgIpc) is 3.69. The van der Waals surface area contributed by atoms with Gasteiger partial charge in [0, 0.05) is 32.8 Å². The maximum absolute atomic E-state index is 13.6. The van der Waals surface area contributed by atoms with Crippen molar-refractivity contribution in [2.75, 3.05) is 19.6 Å². The molecule has 2 bridgehead atoms. The second-order valence-electron chi connectivity index (χ2n) is 11.0. The molecule has 1 amide bonds. The fourth-order valence-corrected chi connectivity index (χ4v) is 9.21. The van der Waals surface area contributed by atoms with Crippen LogP contribution >= 0.6 is 46.9 Å². The van der Waals surface area contributed by atoms with E-state index in [4.69, 9.17) is 23.8 Å². The minimum atomic E-state index is 0.0793. The van der Waals surface area contributed by atoms with E-state index in [0.29, 0.717) is 5.92 Å². The number of thioether (sulfide) groups is 1. The highest BCUT2D eigenvalue weighted by Crippen LogP contribution is 2.49. The van der Waals surface area contributed by atoms with E-state index in [9.17, 15) is 4.79 Å². The molecule has 2 saturated carbocycles. The Hall–Kier alpha value is -1.62. The van der Waals surface area contributed by atoms with Crippen LogP contribution in [-0.4, -0.2) is 45.7 Å². The molecule has 4 aliphatic rings. The predicted octanol–water partition coefficient (Wildman–Crippen LogP) is 8.08. The molecule has 2 aromatic rings. The summed E-state index contributed by atoms with van der Waals surface area (Å²) in [5, 5.41) is 0.717. The van der Waals surface area contributed by atoms with Crippen LogP contribution in [0.25, 0.3) is 16.5 Å². The van der Waals surface area contributed by atoms with Crippen LogP contribution in [0.5, 0.6) is 0 Å². The number of carbonyl (C=O) groups is 1. The lowest BCUT2D eigenvalue weighted by atomic mass is 9.94. The van der Waals surface area contributed by atoms with Gasteiger partial charge in [0.05, 0.1) is 4.91 Å². The van der Waals surface area contributed by atoms with Gasteiger partial charge >= 0.3 is 0 Å². The van der Waals surface area contributed by atoms with E-state index >= 15 is 0 Å². The zero-order valence-electron chi connectivity index (χ0n) is 21.6. The number of piperidine rings is 1. The van der Waals surface area contributed by atoms with Crippen molar-refractivity contribution in [1.29, 1.82) is 0 Å². The van der Waals surface area contributed by atoms with Gasteiger partial charge < -0.3 is 4.90 Å². The van der Waals surface area contributed by atoms with Crippen LogP contribution in [0.15, 0.2) is 35.2 Å². The molecule has 0 spiro atoms. The van der Waals surface area contributed by atoms with Crippen molar-refractivity contribution >= 4 is 63.2 Å². The first kappa shape index (κ1) is 26.6. The number of thiophene rings is 1. The van der Waals surface area contributed by atoms with Crippen LogP contribution in [0.3, 0.4) is 0 Å². The number of thiocarbonyl (C=S) groups is 1. The molecule has 4 fully saturated rings. The molecule has 3 atom stereocenters. The quantitative estimate of drug-likeness (QED) is 0.149. The lowest BCUT2D eigenvalue weighted by Crippen LogP contribution is -2.41. The van der Waals surface area contributed by atoms with Crippen molar-refractivity contribution < 1.29 is 4.79 Å². The third-order valence-electron chi connectivity index (χ3n) is 8.44. The van der Waals surface area contributed by atoms with Gasteiger partial charge in [-0.25, -0.2) is 0 Å². The van der Waals surface area contributed by atoms with Crippen molar-refractivity contribution in [2.24, 2.45) is 11.8 Å². The summed E-state index contributed by atoms with van der Waals surface area (Å²) in [6.07, 6.45) is 12.9. The van der Waals surface area contributed by atoms with Crippen LogP contribution in [0, 0.1) is 23.7 Å². The molecule has 3 nitrogen and oxygen atoms in total. The van der Waals surface area contributed by atoms with Gasteiger partial charge in [-0.05, 0) is 99.8 Å². The number of hydrogen-bond acceptors (Lipinski definition) is 5. The normalized spacial score (nSPS) is 26.4. The Balaban J connectivity index is 1.23. The van der Waals surface area contributed by atoms with Crippen molar-refractivity contribution in [3.8, 4) is 22.3 Å². The van der Waals surface area contributed by atoms with Crippen molar-refractivity contribution in [1.82, 2.24) is 9.80 Å². The summed E-state index contributed by atoms with van der Waals surface area (Å²) < 4.78 is 0.718. The van der Waals surface area contributed by atoms with E-state index in [0.717, 1.165) is 66.9 Å². The molecule has 1 aromatic carbocycles. The number of benzene rings is 1. The third kappa shape index (κ3) is 5.78. The van der Waals surface area contributed by atoms with Crippen LogP contribution in [0.4, 0.5) is 0 Å². The van der Waals surface area contributed by atoms with Crippen LogP contribution in [0.1, 0.15) is 68.2 Å². The summed E-state index contributed by atoms with van der Waals surface area (Å²) in [6.45, 7) is 3.58. The maximum atomic E-state index is 13.6. The molecular formula is C31H33ClN2OS3. The molecule has 2 aliphatic carbocycles. The van der Waals surface area contributed by atoms with Gasteiger partial charge in [-0.1, -0.05) is 72.4 Å². The largest absolute Gasteiger partial charge is 0.303 e. The van der Waals surface area contributed by atoms with Gasteiger partial charge in [-0.15, -0.1) is 11.3 Å². The molecule has 1 aromatic heterocycles. The van der Waals surface area contributed by atoms with Crippen molar-refractivity contribution in [2.45, 2.75) is 63.8 Å². The molecule has 198 valence electrons. The van der Waals surface area contributed by atoms with Gasteiger partial charge in [-0.3, -0.25) is 9.69 Å².